The number of carbonyl (C=O) groups is 1. The molecule has 7 nitrogen and oxygen atoms in total. The van der Waals surface area contributed by atoms with Crippen LogP contribution in [0.1, 0.15) is 16.8 Å². The largest absolute Gasteiger partial charge is 0.415 e. The van der Waals surface area contributed by atoms with Crippen molar-refractivity contribution in [2.75, 3.05) is 26.2 Å². The summed E-state index contributed by atoms with van der Waals surface area (Å²) in [5.41, 5.74) is 2.91. The summed E-state index contributed by atoms with van der Waals surface area (Å²) in [5, 5.41) is 8.94. The van der Waals surface area contributed by atoms with E-state index in [1.54, 1.807) is 17.0 Å². The zero-order chi connectivity index (χ0) is 20.8. The number of rotatable bonds is 5. The second-order valence-corrected chi connectivity index (χ2v) is 7.27. The lowest BCUT2D eigenvalue weighted by molar-refractivity contribution is 0.107. The van der Waals surface area contributed by atoms with E-state index in [0.29, 0.717) is 30.9 Å². The van der Waals surface area contributed by atoms with E-state index in [1.165, 1.54) is 0 Å². The second kappa shape index (κ2) is 9.25. The molecule has 1 saturated heterocycles. The van der Waals surface area contributed by atoms with Crippen LogP contribution in [0, 0.1) is 11.3 Å². The fourth-order valence-corrected chi connectivity index (χ4v) is 3.48. The van der Waals surface area contributed by atoms with Crippen molar-refractivity contribution in [1.82, 2.24) is 19.4 Å². The molecular weight excluding hydrogens is 378 g/mol. The minimum Gasteiger partial charge on any atom is -0.410 e. The number of hydrogen-bond acceptors (Lipinski definition) is 5. The molecule has 1 fully saturated rings. The van der Waals surface area contributed by atoms with Gasteiger partial charge in [0, 0.05) is 45.5 Å². The van der Waals surface area contributed by atoms with Crippen LogP contribution in [-0.2, 0) is 13.1 Å². The van der Waals surface area contributed by atoms with Crippen LogP contribution in [0.25, 0.3) is 0 Å². The number of carbonyl (C=O) groups excluding carboxylic acids is 1. The zero-order valence-corrected chi connectivity index (χ0v) is 16.6. The molecule has 0 aliphatic carbocycles. The molecule has 1 aromatic heterocycles. The van der Waals surface area contributed by atoms with Gasteiger partial charge in [0.1, 0.15) is 5.75 Å². The van der Waals surface area contributed by atoms with E-state index in [1.807, 2.05) is 55.0 Å². The monoisotopic (exact) mass is 401 g/mol. The van der Waals surface area contributed by atoms with Gasteiger partial charge in [-0.15, -0.1) is 0 Å². The molecule has 1 amide bonds. The maximum absolute atomic E-state index is 12.3. The number of aromatic nitrogens is 2. The number of nitrogens with zero attached hydrogens (tertiary/aromatic N) is 5. The number of imidazole rings is 1. The van der Waals surface area contributed by atoms with Crippen molar-refractivity contribution in [1.29, 1.82) is 5.26 Å². The summed E-state index contributed by atoms with van der Waals surface area (Å²) in [6.07, 6.45) is 3.42. The average molecular weight is 401 g/mol. The fraction of sp³-hybridized carbons (Fsp3) is 0.261. The van der Waals surface area contributed by atoms with Crippen LogP contribution in [0.5, 0.6) is 5.75 Å². The molecule has 1 aliphatic rings. The third kappa shape index (κ3) is 4.85. The molecule has 1 aliphatic heterocycles. The minimum absolute atomic E-state index is 0.299. The van der Waals surface area contributed by atoms with Crippen LogP contribution in [0.3, 0.4) is 0 Å². The van der Waals surface area contributed by atoms with E-state index in [4.69, 9.17) is 10.00 Å². The Bertz CT molecular complexity index is 1020. The quantitative estimate of drug-likeness (QED) is 0.657. The molecule has 0 radical (unpaired) electrons. The fourth-order valence-electron chi connectivity index (χ4n) is 3.48. The number of piperazine rings is 1. The Morgan fingerprint density at radius 3 is 2.43 bits per heavy atom. The van der Waals surface area contributed by atoms with E-state index in [-0.39, 0.29) is 6.09 Å². The van der Waals surface area contributed by atoms with E-state index in [0.717, 1.165) is 30.9 Å². The molecule has 30 heavy (non-hydrogen) atoms. The van der Waals surface area contributed by atoms with E-state index in [9.17, 15) is 4.79 Å². The second-order valence-electron chi connectivity index (χ2n) is 7.27. The van der Waals surface area contributed by atoms with Gasteiger partial charge >= 0.3 is 6.09 Å². The van der Waals surface area contributed by atoms with Gasteiger partial charge in [0.15, 0.2) is 0 Å². The Morgan fingerprint density at radius 1 is 1.00 bits per heavy atom. The first kappa shape index (κ1) is 19.7. The van der Waals surface area contributed by atoms with Crippen LogP contribution in [0.15, 0.2) is 67.1 Å². The summed E-state index contributed by atoms with van der Waals surface area (Å²) in [6.45, 7) is 4.32. The maximum Gasteiger partial charge on any atom is 0.415 e. The number of para-hydroxylation sites is 1. The van der Waals surface area contributed by atoms with Crippen molar-refractivity contribution >= 4 is 6.09 Å². The zero-order valence-electron chi connectivity index (χ0n) is 16.6. The molecule has 0 N–H and O–H groups in total. The predicted molar refractivity (Wildman–Crippen MR) is 112 cm³/mol. The van der Waals surface area contributed by atoms with Crippen molar-refractivity contribution in [2.24, 2.45) is 0 Å². The van der Waals surface area contributed by atoms with Gasteiger partial charge in [-0.2, -0.15) is 5.26 Å². The number of amides is 1. The van der Waals surface area contributed by atoms with Crippen LogP contribution < -0.4 is 4.74 Å². The Kier molecular flexibility index (Phi) is 6.06. The molecule has 0 saturated carbocycles. The summed E-state index contributed by atoms with van der Waals surface area (Å²) in [6, 6.07) is 18.9. The van der Waals surface area contributed by atoms with Crippen LogP contribution in [0.4, 0.5) is 4.79 Å². The first-order chi connectivity index (χ1) is 14.7. The van der Waals surface area contributed by atoms with Gasteiger partial charge in [0.2, 0.25) is 0 Å². The minimum atomic E-state index is -0.299. The van der Waals surface area contributed by atoms with Gasteiger partial charge in [-0.1, -0.05) is 30.3 Å². The molecule has 2 aromatic carbocycles. The number of nitriles is 1. The molecule has 0 bridgehead atoms. The molecule has 4 rings (SSSR count). The molecule has 3 aromatic rings. The lowest BCUT2D eigenvalue weighted by Gasteiger charge is -2.34. The molecular formula is C23H23N5O2. The highest BCUT2D eigenvalue weighted by molar-refractivity contribution is 5.70. The van der Waals surface area contributed by atoms with E-state index >= 15 is 0 Å². The Labute approximate surface area is 175 Å². The van der Waals surface area contributed by atoms with Gasteiger partial charge in [-0.05, 0) is 29.8 Å². The van der Waals surface area contributed by atoms with E-state index < -0.39 is 0 Å². The molecule has 7 heteroatoms. The Balaban J connectivity index is 1.30. The lowest BCUT2D eigenvalue weighted by atomic mass is 10.1. The summed E-state index contributed by atoms with van der Waals surface area (Å²) < 4.78 is 7.55. The van der Waals surface area contributed by atoms with Crippen LogP contribution >= 0.6 is 0 Å². The summed E-state index contributed by atoms with van der Waals surface area (Å²) in [5.74, 6) is 0.566. The highest BCUT2D eigenvalue weighted by Crippen LogP contribution is 2.14. The normalized spacial score (nSPS) is 14.3. The number of ether oxygens (including phenoxy) is 1. The molecule has 2 heterocycles. The van der Waals surface area contributed by atoms with Crippen LogP contribution in [0.2, 0.25) is 0 Å². The van der Waals surface area contributed by atoms with Crippen molar-refractivity contribution in [3.8, 4) is 11.8 Å². The predicted octanol–water partition coefficient (Wildman–Crippen LogP) is 3.12. The first-order valence-electron chi connectivity index (χ1n) is 9.93. The van der Waals surface area contributed by atoms with Gasteiger partial charge in [0.25, 0.3) is 0 Å². The smallest absolute Gasteiger partial charge is 0.410 e. The third-order valence-corrected chi connectivity index (χ3v) is 5.20. The topological polar surface area (TPSA) is 74.4 Å². The van der Waals surface area contributed by atoms with Crippen molar-refractivity contribution in [2.45, 2.75) is 13.1 Å². The summed E-state index contributed by atoms with van der Waals surface area (Å²) in [4.78, 5) is 20.7. The molecule has 0 unspecified atom stereocenters. The Morgan fingerprint density at radius 2 is 1.73 bits per heavy atom. The Hall–Kier alpha value is -3.63. The van der Waals surface area contributed by atoms with E-state index in [2.05, 4.69) is 20.5 Å². The number of hydrogen-bond donors (Lipinski definition) is 0. The average Bonchev–Trinajstić information content (AvgIpc) is 3.22. The van der Waals surface area contributed by atoms with Crippen molar-refractivity contribution in [3.05, 3.63) is 83.9 Å². The van der Waals surface area contributed by atoms with Crippen molar-refractivity contribution in [3.63, 3.8) is 0 Å². The summed E-state index contributed by atoms with van der Waals surface area (Å²) >= 11 is 0. The van der Waals surface area contributed by atoms with Gasteiger partial charge in [-0.25, -0.2) is 9.78 Å². The highest BCUT2D eigenvalue weighted by Gasteiger charge is 2.23. The SMILES string of the molecule is N#Cc1ccc(Cn2cncc2CN2CCN(C(=O)Oc3ccccc3)CC2)cc1. The van der Waals surface area contributed by atoms with Crippen molar-refractivity contribution < 1.29 is 9.53 Å². The molecule has 0 spiro atoms. The third-order valence-electron chi connectivity index (χ3n) is 5.20. The van der Waals surface area contributed by atoms with Gasteiger partial charge in [0.05, 0.1) is 23.7 Å². The number of benzene rings is 2. The lowest BCUT2D eigenvalue weighted by Crippen LogP contribution is -2.49. The van der Waals surface area contributed by atoms with Gasteiger partial charge in [-0.3, -0.25) is 4.90 Å². The summed E-state index contributed by atoms with van der Waals surface area (Å²) in [7, 11) is 0. The first-order valence-corrected chi connectivity index (χ1v) is 9.93. The van der Waals surface area contributed by atoms with Crippen LogP contribution in [-0.4, -0.2) is 51.6 Å². The standard InChI is InChI=1S/C23H23N5O2/c24-14-19-6-8-20(9-7-19)16-28-18-25-15-21(28)17-26-10-12-27(13-11-26)23(29)30-22-4-2-1-3-5-22/h1-9,15,18H,10-13,16-17H2. The maximum atomic E-state index is 12.3. The van der Waals surface area contributed by atoms with Gasteiger partial charge < -0.3 is 14.2 Å². The molecule has 0 atom stereocenters. The molecule has 152 valence electrons. The highest BCUT2D eigenvalue weighted by atomic mass is 16.6.